The van der Waals surface area contributed by atoms with Crippen LogP contribution in [0.15, 0.2) is 18.2 Å². The first-order valence-electron chi connectivity index (χ1n) is 13.7. The zero-order valence-corrected chi connectivity index (χ0v) is 23.3. The molecule has 3 atom stereocenters. The molecule has 3 unspecified atom stereocenters. The summed E-state index contributed by atoms with van der Waals surface area (Å²) in [6, 6.07) is 3.10. The second kappa shape index (κ2) is 9.85. The number of aromatic nitrogens is 3. The first-order valence-corrected chi connectivity index (χ1v) is 14.5. The summed E-state index contributed by atoms with van der Waals surface area (Å²) in [5, 5.41) is 3.36. The number of benzene rings is 2. The summed E-state index contributed by atoms with van der Waals surface area (Å²) < 4.78 is 86.6. The molecule has 0 aliphatic carbocycles. The van der Waals surface area contributed by atoms with Crippen LogP contribution >= 0.6 is 11.3 Å². The smallest absolute Gasteiger partial charge is 0.417 e. The van der Waals surface area contributed by atoms with Crippen molar-refractivity contribution in [3.05, 3.63) is 35.4 Å². The number of nitrogens with zero attached hydrogens (tertiary/aromatic N) is 4. The lowest BCUT2D eigenvalue weighted by Gasteiger charge is -2.34. The molecule has 0 radical (unpaired) electrons. The van der Waals surface area contributed by atoms with Gasteiger partial charge in [0.2, 0.25) is 0 Å². The van der Waals surface area contributed by atoms with Crippen LogP contribution in [0, 0.1) is 17.0 Å². The summed E-state index contributed by atoms with van der Waals surface area (Å²) in [7, 11) is 0. The number of rotatable bonds is 5. The molecule has 42 heavy (non-hydrogen) atoms. The molecule has 2 aromatic carbocycles. The quantitative estimate of drug-likeness (QED) is 0.286. The number of nitrogens with two attached hydrogens (primary N) is 1. The van der Waals surface area contributed by atoms with E-state index in [0.29, 0.717) is 26.3 Å². The third kappa shape index (κ3) is 4.69. The van der Waals surface area contributed by atoms with Crippen molar-refractivity contribution in [3.8, 4) is 17.1 Å². The van der Waals surface area contributed by atoms with Gasteiger partial charge in [0, 0.05) is 53.7 Å². The van der Waals surface area contributed by atoms with Gasteiger partial charge in [-0.2, -0.15) is 23.1 Å². The van der Waals surface area contributed by atoms with Gasteiger partial charge in [0.05, 0.1) is 29.0 Å². The third-order valence-corrected chi connectivity index (χ3v) is 9.24. The van der Waals surface area contributed by atoms with Crippen LogP contribution in [0.4, 0.5) is 32.9 Å². The number of thiazole rings is 1. The molecule has 8 nitrogen and oxygen atoms in total. The van der Waals surface area contributed by atoms with Crippen LogP contribution < -0.4 is 20.7 Å². The van der Waals surface area contributed by atoms with Crippen molar-refractivity contribution >= 4 is 43.4 Å². The number of nitrogens with one attached hydrogen (secondary N) is 1. The molecule has 3 saturated heterocycles. The van der Waals surface area contributed by atoms with Gasteiger partial charge in [-0.15, -0.1) is 0 Å². The topological polar surface area (TPSA) is 98.4 Å². The third-order valence-electron chi connectivity index (χ3n) is 8.34. The highest BCUT2D eigenvalue weighted by Crippen LogP contribution is 2.46. The van der Waals surface area contributed by atoms with E-state index >= 15 is 4.39 Å². The summed E-state index contributed by atoms with van der Waals surface area (Å²) in [6.07, 6.45) is -2.36. The Bertz CT molecular complexity index is 1690. The SMILES string of the molecule is CC1(COc2nc(N3CC4CCC(C3)N4)c3cc(C(F)(F)F)c(-c4ccc(F)c5sc(N)nc45)c(F)c3n2)CCOC1. The molecule has 0 saturated carbocycles. The normalized spacial score (nSPS) is 24.3. The zero-order chi connectivity index (χ0) is 29.4. The maximum atomic E-state index is 16.6. The fraction of sp³-hybridized carbons (Fsp3) is 0.464. The van der Waals surface area contributed by atoms with Gasteiger partial charge in [-0.05, 0) is 37.5 Å². The number of fused-ring (bicyclic) bond motifs is 4. The van der Waals surface area contributed by atoms with Gasteiger partial charge in [0.1, 0.15) is 17.2 Å². The number of nitrogen functional groups attached to an aromatic ring is 1. The first-order chi connectivity index (χ1) is 20.0. The molecule has 3 N–H and O–H groups in total. The predicted octanol–water partition coefficient (Wildman–Crippen LogP) is 5.53. The van der Waals surface area contributed by atoms with E-state index in [2.05, 4.69) is 20.3 Å². The van der Waals surface area contributed by atoms with Gasteiger partial charge in [0.15, 0.2) is 10.9 Å². The number of halogens is 5. The maximum Gasteiger partial charge on any atom is 0.417 e. The van der Waals surface area contributed by atoms with E-state index in [1.807, 2.05) is 11.8 Å². The van der Waals surface area contributed by atoms with E-state index in [4.69, 9.17) is 15.2 Å². The number of piperazine rings is 1. The van der Waals surface area contributed by atoms with E-state index in [-0.39, 0.29) is 67.7 Å². The van der Waals surface area contributed by atoms with Gasteiger partial charge < -0.3 is 25.4 Å². The molecular weight excluding hydrogens is 579 g/mol. The molecule has 0 amide bonds. The largest absolute Gasteiger partial charge is 0.463 e. The Kier molecular flexibility index (Phi) is 6.44. The predicted molar refractivity (Wildman–Crippen MR) is 149 cm³/mol. The highest BCUT2D eigenvalue weighted by Gasteiger charge is 2.40. The minimum absolute atomic E-state index is 0.0517. The molecule has 2 bridgehead atoms. The van der Waals surface area contributed by atoms with Gasteiger partial charge in [-0.25, -0.2) is 13.8 Å². The van der Waals surface area contributed by atoms with Crippen molar-refractivity contribution in [1.82, 2.24) is 20.3 Å². The van der Waals surface area contributed by atoms with E-state index in [9.17, 15) is 17.6 Å². The van der Waals surface area contributed by atoms with Crippen LogP contribution in [0.3, 0.4) is 0 Å². The molecule has 3 fully saturated rings. The molecule has 14 heteroatoms. The van der Waals surface area contributed by atoms with Crippen LogP contribution in [-0.4, -0.2) is 59.9 Å². The Balaban J connectivity index is 1.46. The fourth-order valence-electron chi connectivity index (χ4n) is 6.21. The lowest BCUT2D eigenvalue weighted by Crippen LogP contribution is -2.51. The van der Waals surface area contributed by atoms with Crippen molar-refractivity contribution < 1.29 is 31.4 Å². The zero-order valence-electron chi connectivity index (χ0n) is 22.5. The lowest BCUT2D eigenvalue weighted by atomic mass is 9.91. The van der Waals surface area contributed by atoms with E-state index in [1.165, 1.54) is 0 Å². The summed E-state index contributed by atoms with van der Waals surface area (Å²) >= 11 is 0.778. The number of hydrogen-bond acceptors (Lipinski definition) is 9. The minimum Gasteiger partial charge on any atom is -0.463 e. The highest BCUT2D eigenvalue weighted by atomic mass is 32.1. The average molecular weight is 607 g/mol. The summed E-state index contributed by atoms with van der Waals surface area (Å²) in [5.41, 5.74) is 2.74. The maximum absolute atomic E-state index is 16.6. The summed E-state index contributed by atoms with van der Waals surface area (Å²) in [5.74, 6) is -1.75. The number of anilines is 2. The van der Waals surface area contributed by atoms with Crippen LogP contribution in [0.1, 0.15) is 31.7 Å². The second-order valence-electron chi connectivity index (χ2n) is 11.6. The molecule has 3 aliphatic heterocycles. The van der Waals surface area contributed by atoms with E-state index < -0.39 is 28.9 Å². The average Bonchev–Trinajstić information content (AvgIpc) is 3.65. The number of ether oxygens (including phenoxy) is 2. The number of hydrogen-bond donors (Lipinski definition) is 2. The highest BCUT2D eigenvalue weighted by molar-refractivity contribution is 7.22. The molecule has 4 aromatic rings. The van der Waals surface area contributed by atoms with Crippen LogP contribution in [0.2, 0.25) is 0 Å². The Morgan fingerprint density at radius 1 is 1.14 bits per heavy atom. The fourth-order valence-corrected chi connectivity index (χ4v) is 6.97. The second-order valence-corrected chi connectivity index (χ2v) is 12.6. The van der Waals surface area contributed by atoms with E-state index in [0.717, 1.165) is 48.8 Å². The van der Waals surface area contributed by atoms with Gasteiger partial charge in [-0.1, -0.05) is 18.3 Å². The Morgan fingerprint density at radius 2 is 1.90 bits per heavy atom. The first kappa shape index (κ1) is 27.5. The lowest BCUT2D eigenvalue weighted by molar-refractivity contribution is -0.137. The van der Waals surface area contributed by atoms with Gasteiger partial charge >= 0.3 is 12.2 Å². The van der Waals surface area contributed by atoms with Crippen molar-refractivity contribution in [2.75, 3.05) is 43.5 Å². The molecule has 3 aliphatic rings. The molecule has 0 spiro atoms. The minimum atomic E-state index is -4.96. The standard InChI is InChI=1S/C28H27F5N6O2S/c1-27(6-7-40-11-27)12-41-26-37-21-16(24(38-26)39-9-13-2-3-14(10-39)35-13)8-17(28(31,32)33)19(20(21)30)15-4-5-18(29)23-22(15)36-25(34)42-23/h4-5,8,13-14,35H,2-3,6-7,9-12H2,1H3,(H2,34,36). The molecule has 222 valence electrons. The Hall–Kier alpha value is -3.36. The van der Waals surface area contributed by atoms with Crippen molar-refractivity contribution in [2.45, 2.75) is 44.4 Å². The van der Waals surface area contributed by atoms with Crippen LogP contribution in [-0.2, 0) is 10.9 Å². The van der Waals surface area contributed by atoms with Crippen LogP contribution in [0.25, 0.3) is 32.2 Å². The molecule has 5 heterocycles. The summed E-state index contributed by atoms with van der Waals surface area (Å²) in [6.45, 7) is 4.22. The number of alkyl halides is 3. The van der Waals surface area contributed by atoms with Gasteiger partial charge in [-0.3, -0.25) is 0 Å². The Labute approximate surface area is 241 Å². The van der Waals surface area contributed by atoms with Crippen LogP contribution in [0.5, 0.6) is 6.01 Å². The monoisotopic (exact) mass is 606 g/mol. The van der Waals surface area contributed by atoms with Crippen molar-refractivity contribution in [2.24, 2.45) is 5.41 Å². The summed E-state index contributed by atoms with van der Waals surface area (Å²) in [4.78, 5) is 14.8. The Morgan fingerprint density at radius 3 is 2.60 bits per heavy atom. The van der Waals surface area contributed by atoms with Gasteiger partial charge in [0.25, 0.3) is 0 Å². The molecule has 2 aromatic heterocycles. The van der Waals surface area contributed by atoms with Crippen molar-refractivity contribution in [1.29, 1.82) is 0 Å². The molecular formula is C28H27F5N6O2S. The van der Waals surface area contributed by atoms with E-state index in [1.54, 1.807) is 0 Å². The van der Waals surface area contributed by atoms with Crippen molar-refractivity contribution in [3.63, 3.8) is 0 Å². The molecule has 7 rings (SSSR count).